The van der Waals surface area contributed by atoms with Crippen LogP contribution in [0.15, 0.2) is 60.2 Å². The van der Waals surface area contributed by atoms with Crippen molar-refractivity contribution in [1.29, 1.82) is 0 Å². The highest BCUT2D eigenvalue weighted by atomic mass is 19.1. The van der Waals surface area contributed by atoms with Gasteiger partial charge in [0.2, 0.25) is 29.5 Å². The first kappa shape index (κ1) is 93.6. The van der Waals surface area contributed by atoms with E-state index in [2.05, 4.69) is 47.5 Å². The molecule has 2 saturated heterocycles. The number of nitrogens with zero attached hydrogens (tertiary/aromatic N) is 4. The van der Waals surface area contributed by atoms with Gasteiger partial charge in [0.05, 0.1) is 90.5 Å². The molecule has 8 aliphatic rings. The number of aliphatic hydroxyl groups excluding tert-OH is 5. The number of carbonyl (C=O) groups is 11. The molecule has 5 aliphatic carbocycles. The third-order valence-electron chi connectivity index (χ3n) is 24.1. The molecule has 2 unspecified atom stereocenters. The highest BCUT2D eigenvalue weighted by Crippen LogP contribution is 2.72. The fraction of sp³-hybridized carbons (Fsp3) is 0.691. The number of Topliss-reactive ketones (excluding diaryl/α,β-unsaturated/α-hetero) is 1. The van der Waals surface area contributed by atoms with E-state index < -0.39 is 204 Å². The number of allylic oxidation sites excluding steroid dienone is 4. The number of alkyl halides is 2. The number of aromatic nitrogens is 3. The van der Waals surface area contributed by atoms with Gasteiger partial charge in [-0.3, -0.25) is 48.1 Å². The van der Waals surface area contributed by atoms with Crippen LogP contribution in [0.25, 0.3) is 0 Å². The first-order chi connectivity index (χ1) is 57.4. The molecule has 1 aromatic carbocycles. The lowest BCUT2D eigenvalue weighted by atomic mass is 9.44. The molecule has 3 saturated carbocycles. The lowest BCUT2D eigenvalue weighted by Gasteiger charge is -2.63. The number of primary amides is 1. The van der Waals surface area contributed by atoms with Crippen molar-refractivity contribution in [2.24, 2.45) is 34.3 Å². The number of fused-ring (bicyclic) bond motifs is 8. The summed E-state index contributed by atoms with van der Waals surface area (Å²) in [4.78, 5) is 147. The normalized spacial score (nSPS) is 29.3. The van der Waals surface area contributed by atoms with Crippen LogP contribution in [0, 0.1) is 28.6 Å². The number of rotatable bonds is 44. The van der Waals surface area contributed by atoms with E-state index in [-0.39, 0.29) is 142 Å². The minimum atomic E-state index is -2.42. The van der Waals surface area contributed by atoms with Crippen LogP contribution >= 0.6 is 0 Å². The molecular formula is C81H116F2N12O25. The minimum Gasteiger partial charge on any atom is -0.445 e. The number of nitrogens with one attached hydrogen (secondary N) is 7. The van der Waals surface area contributed by atoms with Crippen molar-refractivity contribution < 1.29 is 130 Å². The van der Waals surface area contributed by atoms with Crippen LogP contribution in [0.2, 0.25) is 0 Å². The molecule has 37 nitrogen and oxygen atoms in total. The smallest absolute Gasteiger partial charge is 0.407 e. The fourth-order valence-electron chi connectivity index (χ4n) is 17.7. The SMILES string of the molecule is CCCC1O[C@@H]2C[C@H]3[C@@H]4C[C@H](F)C5=CC(=O)C=C[C@]5(C)[C@@]4(F)[C@@H](O)C[C@]3(C)[C@]2(C(=O)CNC(=O)OCc2ccc(NC(=O)[C@H](CCCNC(N)=O)NC(=O)[C@@H](NC(=O)[C@@H](CCCCNC(=O)COC3CCCCCc4c3nnn4[C@@H]3O[C@H](CO)[C@H](O)[C@H](O)[C@H]3O)NC(=O)CCOCCOCCOCCOCCN3C(=O)C=CC3=O)C(C)C)cc2)O1. The van der Waals surface area contributed by atoms with Crippen LogP contribution in [-0.4, -0.2) is 281 Å². The zero-order valence-corrected chi connectivity index (χ0v) is 68.4. The van der Waals surface area contributed by atoms with Crippen molar-refractivity contribution >= 4 is 70.7 Å². The van der Waals surface area contributed by atoms with Gasteiger partial charge in [-0.2, -0.15) is 0 Å². The topological polar surface area (TPSA) is 516 Å². The summed E-state index contributed by atoms with van der Waals surface area (Å²) in [6, 6.07) is 1.44. The molecular weight excluding hydrogens is 1580 g/mol. The molecule has 120 heavy (non-hydrogen) atoms. The van der Waals surface area contributed by atoms with Crippen molar-refractivity contribution in [3.63, 3.8) is 0 Å². The van der Waals surface area contributed by atoms with Gasteiger partial charge in [-0.1, -0.05) is 70.4 Å². The van der Waals surface area contributed by atoms with E-state index in [1.54, 1.807) is 32.9 Å². The Morgan fingerprint density at radius 1 is 0.742 bits per heavy atom. The number of urea groups is 1. The average Bonchev–Trinajstić information content (AvgIpc) is 1.11. The van der Waals surface area contributed by atoms with Crippen LogP contribution in [-0.2, 0) is 98.8 Å². The highest BCUT2D eigenvalue weighted by Gasteiger charge is 2.80. The third kappa shape index (κ3) is 22.0. The number of anilines is 1. The molecule has 0 spiro atoms. The zero-order chi connectivity index (χ0) is 86.6. The average molecular weight is 1700 g/mol. The molecule has 4 heterocycles. The molecule has 0 radical (unpaired) electrons. The molecule has 664 valence electrons. The lowest BCUT2D eigenvalue weighted by molar-refractivity contribution is -0.254. The predicted molar refractivity (Wildman–Crippen MR) is 418 cm³/mol. The van der Waals surface area contributed by atoms with Gasteiger partial charge in [-0.15, -0.1) is 5.10 Å². The van der Waals surface area contributed by atoms with E-state index in [9.17, 15) is 78.3 Å². The lowest BCUT2D eigenvalue weighted by Crippen LogP contribution is -2.71. The summed E-state index contributed by atoms with van der Waals surface area (Å²) in [6.45, 7) is 7.97. The maximum absolute atomic E-state index is 18.1. The number of hydrogen-bond acceptors (Lipinski definition) is 27. The molecule has 10 rings (SSSR count). The van der Waals surface area contributed by atoms with Gasteiger partial charge in [-0.25, -0.2) is 23.1 Å². The Hall–Kier alpha value is -8.71. The van der Waals surface area contributed by atoms with Crippen LogP contribution in [0.5, 0.6) is 0 Å². The summed E-state index contributed by atoms with van der Waals surface area (Å²) in [5, 5.41) is 81.0. The number of carbonyl (C=O) groups excluding carboxylic acids is 11. The van der Waals surface area contributed by atoms with Crippen LogP contribution in [0.1, 0.15) is 160 Å². The number of aliphatic hydroxyl groups is 5. The molecule has 5 fully saturated rings. The minimum absolute atomic E-state index is 0.0158. The number of unbranched alkanes of at least 4 members (excludes halogenated alkanes) is 1. The van der Waals surface area contributed by atoms with Gasteiger partial charge in [-0.05, 0) is 131 Å². The van der Waals surface area contributed by atoms with Gasteiger partial charge >= 0.3 is 12.1 Å². The first-order valence-electron chi connectivity index (χ1n) is 41.4. The van der Waals surface area contributed by atoms with Crippen molar-refractivity contribution in [3.8, 4) is 0 Å². The number of benzene rings is 1. The van der Waals surface area contributed by atoms with E-state index in [1.807, 2.05) is 6.92 Å². The summed E-state index contributed by atoms with van der Waals surface area (Å²) < 4.78 is 88.2. The third-order valence-corrected chi connectivity index (χ3v) is 24.1. The second-order valence-corrected chi connectivity index (χ2v) is 32.4. The van der Waals surface area contributed by atoms with E-state index in [1.165, 1.54) is 48.0 Å². The molecule has 10 amide bonds. The van der Waals surface area contributed by atoms with E-state index in [0.717, 1.165) is 30.2 Å². The van der Waals surface area contributed by atoms with Gasteiger partial charge in [0.25, 0.3) is 11.8 Å². The predicted octanol–water partition coefficient (Wildman–Crippen LogP) is 1.29. The number of ketones is 2. The molecule has 14 N–H and O–H groups in total. The Morgan fingerprint density at radius 3 is 2.10 bits per heavy atom. The Kier molecular flexibility index (Phi) is 33.4. The van der Waals surface area contributed by atoms with Crippen molar-refractivity contribution in [2.75, 3.05) is 97.6 Å². The fourth-order valence-corrected chi connectivity index (χ4v) is 17.7. The number of alkyl carbamates (subject to hydrolysis) is 1. The number of ether oxygens (including phenoxy) is 9. The van der Waals surface area contributed by atoms with E-state index >= 15 is 8.78 Å². The van der Waals surface area contributed by atoms with Crippen LogP contribution in [0.4, 0.5) is 24.1 Å². The quantitative estimate of drug-likeness (QED) is 0.0328. The van der Waals surface area contributed by atoms with E-state index in [0.29, 0.717) is 49.1 Å². The number of imide groups is 1. The number of halogens is 2. The van der Waals surface area contributed by atoms with Crippen molar-refractivity contribution in [3.05, 3.63) is 77.2 Å². The maximum atomic E-state index is 18.1. The maximum Gasteiger partial charge on any atom is 0.407 e. The number of hydrogen-bond donors (Lipinski definition) is 13. The molecule has 19 atom stereocenters. The Morgan fingerprint density at radius 2 is 1.42 bits per heavy atom. The number of nitrogens with two attached hydrogens (primary N) is 1. The van der Waals surface area contributed by atoms with E-state index in [4.69, 9.17) is 48.4 Å². The second kappa shape index (κ2) is 42.9. The Labute approximate surface area is 693 Å². The molecule has 2 aromatic rings. The van der Waals surface area contributed by atoms with Gasteiger partial charge < -0.3 is 111 Å². The monoisotopic (exact) mass is 1690 g/mol. The summed E-state index contributed by atoms with van der Waals surface area (Å²) in [7, 11) is 0. The van der Waals surface area contributed by atoms with Crippen molar-refractivity contribution in [2.45, 2.75) is 235 Å². The molecule has 1 aromatic heterocycles. The Bertz CT molecular complexity index is 4010. The summed E-state index contributed by atoms with van der Waals surface area (Å²) >= 11 is 0. The van der Waals surface area contributed by atoms with Gasteiger partial charge in [0, 0.05) is 54.1 Å². The van der Waals surface area contributed by atoms with Gasteiger partial charge in [0.15, 0.2) is 35.4 Å². The standard InChI is InChI=1S/C81H116F2N12O25/c1-6-13-66-119-61-40-50-51-39-53(82)52-38-49(97)24-26-78(52,4)80(51,83)59(98)41-79(50,5)81(61,120-66)60(99)42-87-77(111)117-44-47-18-20-48(21-19-47)88-72(107)55(15-12-28-86-76(84)110)90-74(109)67(46(2)3)91-73(108)54(89-62(100)25-30-112-32-34-114-36-37-115-35-33-113-31-29-94-64(102)22-23-65(94)103)14-10-11-27-85-63(101)45-116-57-17-9-7-8-16-56-68(57)92-93-95(56)75-71(106)70(105)69(104)58(43-96)118-75/h18-24,26,38,46,50-51,53-55,57-59,61,66-67,69-71,75,96,98,104-106H,6-17,25,27-37,39-45H2,1-5H3,(H,85,101)(H,87,111)(H,88,107)(H,89,100)(H,90,109)(H,91,108)(H3,84,86,110)/t50-,51-,53-,54+,55-,57?,58+,59-,61+,66?,67-,69-,70-,71+,75+,78-,79-,80-,81+/m0/s1. The Balaban J connectivity index is 0.716. The summed E-state index contributed by atoms with van der Waals surface area (Å²) in [5.41, 5.74) is -0.274. The zero-order valence-electron chi connectivity index (χ0n) is 68.4. The summed E-state index contributed by atoms with van der Waals surface area (Å²) in [5.74, 6) is -7.64. The number of amides is 10. The molecule has 3 aliphatic heterocycles. The first-order valence-corrected chi connectivity index (χ1v) is 41.4. The largest absolute Gasteiger partial charge is 0.445 e. The van der Waals surface area contributed by atoms with Crippen LogP contribution in [0.3, 0.4) is 0 Å². The summed E-state index contributed by atoms with van der Waals surface area (Å²) in [6.07, 6.45) is -4.10. The second-order valence-electron chi connectivity index (χ2n) is 32.4. The van der Waals surface area contributed by atoms with Crippen molar-refractivity contribution in [1.82, 2.24) is 51.8 Å². The van der Waals surface area contributed by atoms with Gasteiger partial charge in [0.1, 0.15) is 73.7 Å². The highest BCUT2D eigenvalue weighted by molar-refractivity contribution is 6.13. The molecule has 39 heteroatoms. The van der Waals surface area contributed by atoms with Crippen LogP contribution < -0.4 is 43.0 Å². The molecule has 0 bridgehead atoms.